The van der Waals surface area contributed by atoms with Gasteiger partial charge in [0.05, 0.1) is 39.1 Å². The van der Waals surface area contributed by atoms with Gasteiger partial charge in [-0.2, -0.15) is 0 Å². The highest BCUT2D eigenvalue weighted by Gasteiger charge is 2.18. The van der Waals surface area contributed by atoms with Crippen LogP contribution in [-0.2, 0) is 27.2 Å². The molecule has 0 saturated carbocycles. The molecule has 1 heterocycles. The van der Waals surface area contributed by atoms with Gasteiger partial charge < -0.3 is 23.9 Å². The Hall–Kier alpha value is -0.880. The normalized spacial score (nSPS) is 18.5. The van der Waals surface area contributed by atoms with Gasteiger partial charge in [0.1, 0.15) is 0 Å². The summed E-state index contributed by atoms with van der Waals surface area (Å²) in [5.74, 6) is 0. The van der Waals surface area contributed by atoms with Crippen molar-refractivity contribution in [2.24, 2.45) is 0 Å². The Labute approximate surface area is 126 Å². The fraction of sp³-hybridized carbons (Fsp3) is 0.750. The summed E-state index contributed by atoms with van der Waals surface area (Å²) in [6, 6.07) is 0. The third-order valence-corrected chi connectivity index (χ3v) is 3.83. The van der Waals surface area contributed by atoms with Crippen LogP contribution in [-0.4, -0.2) is 49.8 Å². The van der Waals surface area contributed by atoms with Crippen molar-refractivity contribution in [3.63, 3.8) is 0 Å². The number of aliphatic hydroxyl groups excluding tert-OH is 1. The molecule has 2 rings (SSSR count). The minimum Gasteiger partial charge on any atom is -0.388 e. The Morgan fingerprint density at radius 2 is 1.86 bits per heavy atom. The molecule has 0 aromatic carbocycles. The lowest BCUT2D eigenvalue weighted by Crippen LogP contribution is -2.11. The van der Waals surface area contributed by atoms with Crippen LogP contribution >= 0.6 is 0 Å². The van der Waals surface area contributed by atoms with Crippen molar-refractivity contribution < 1.29 is 19.3 Å². The minimum atomic E-state index is -0.293. The predicted octanol–water partition coefficient (Wildman–Crippen LogP) is 1.93. The molecule has 1 unspecified atom stereocenters. The molecule has 1 aromatic rings. The number of aliphatic hydroxyl groups is 1. The van der Waals surface area contributed by atoms with Crippen molar-refractivity contribution in [2.45, 2.75) is 38.3 Å². The molecule has 5 heteroatoms. The van der Waals surface area contributed by atoms with Crippen molar-refractivity contribution >= 4 is 0 Å². The van der Waals surface area contributed by atoms with E-state index in [9.17, 15) is 5.11 Å². The van der Waals surface area contributed by atoms with E-state index in [1.807, 2.05) is 0 Å². The van der Waals surface area contributed by atoms with E-state index in [1.165, 1.54) is 12.0 Å². The fourth-order valence-corrected chi connectivity index (χ4v) is 2.65. The summed E-state index contributed by atoms with van der Waals surface area (Å²) in [6.07, 6.45) is 8.18. The molecule has 0 fully saturated rings. The van der Waals surface area contributed by atoms with Crippen molar-refractivity contribution in [2.75, 3.05) is 40.1 Å². The maximum absolute atomic E-state index is 10.1. The highest BCUT2D eigenvalue weighted by atomic mass is 16.5. The van der Waals surface area contributed by atoms with E-state index in [2.05, 4.69) is 17.0 Å². The summed E-state index contributed by atoms with van der Waals surface area (Å²) >= 11 is 0. The van der Waals surface area contributed by atoms with Crippen LogP contribution in [0.4, 0.5) is 0 Å². The Bertz CT molecular complexity index is 405. The summed E-state index contributed by atoms with van der Waals surface area (Å²) < 4.78 is 17.9. The largest absolute Gasteiger partial charge is 0.388 e. The molecule has 0 aliphatic heterocycles. The second-order valence-corrected chi connectivity index (χ2v) is 5.46. The highest BCUT2D eigenvalue weighted by molar-refractivity contribution is 5.27. The molecule has 21 heavy (non-hydrogen) atoms. The maximum Gasteiger partial charge on any atom is 0.0807 e. The van der Waals surface area contributed by atoms with Gasteiger partial charge in [0.2, 0.25) is 0 Å². The van der Waals surface area contributed by atoms with Crippen LogP contribution in [0.25, 0.3) is 0 Å². The first kappa shape index (κ1) is 16.5. The zero-order valence-electron chi connectivity index (χ0n) is 12.9. The van der Waals surface area contributed by atoms with Gasteiger partial charge in [-0.3, -0.25) is 0 Å². The van der Waals surface area contributed by atoms with E-state index in [1.54, 1.807) is 7.11 Å². The van der Waals surface area contributed by atoms with Gasteiger partial charge in [-0.1, -0.05) is 6.42 Å². The third-order valence-electron chi connectivity index (χ3n) is 3.83. The SMILES string of the molecule is COCCOCCOCCn1cc2c(c1)C(O)CCCC2. The molecule has 120 valence electrons. The first-order valence-corrected chi connectivity index (χ1v) is 7.82. The van der Waals surface area contributed by atoms with Crippen LogP contribution in [0.1, 0.15) is 36.5 Å². The maximum atomic E-state index is 10.1. The number of rotatable bonds is 9. The molecule has 0 bridgehead atoms. The highest BCUT2D eigenvalue weighted by Crippen LogP contribution is 2.29. The molecular weight excluding hydrogens is 270 g/mol. The molecular formula is C16H27NO4. The van der Waals surface area contributed by atoms with Crippen LogP contribution in [0.3, 0.4) is 0 Å². The Morgan fingerprint density at radius 1 is 1.10 bits per heavy atom. The number of hydrogen-bond acceptors (Lipinski definition) is 4. The van der Waals surface area contributed by atoms with Gasteiger partial charge in [0.15, 0.2) is 0 Å². The van der Waals surface area contributed by atoms with Gasteiger partial charge in [-0.05, 0) is 24.8 Å². The van der Waals surface area contributed by atoms with E-state index < -0.39 is 0 Å². The molecule has 5 nitrogen and oxygen atoms in total. The molecule has 1 aliphatic rings. The second kappa shape index (κ2) is 9.20. The number of nitrogens with zero attached hydrogens (tertiary/aromatic N) is 1. The van der Waals surface area contributed by atoms with E-state index in [4.69, 9.17) is 14.2 Å². The minimum absolute atomic E-state index is 0.293. The summed E-state index contributed by atoms with van der Waals surface area (Å²) in [5, 5.41) is 10.1. The molecule has 0 amide bonds. The van der Waals surface area contributed by atoms with E-state index in [-0.39, 0.29) is 6.10 Å². The molecule has 0 spiro atoms. The Morgan fingerprint density at radius 3 is 2.67 bits per heavy atom. The van der Waals surface area contributed by atoms with Gasteiger partial charge in [-0.25, -0.2) is 0 Å². The molecule has 0 saturated heterocycles. The number of methoxy groups -OCH3 is 1. The van der Waals surface area contributed by atoms with Crippen molar-refractivity contribution in [1.29, 1.82) is 0 Å². The van der Waals surface area contributed by atoms with Crippen LogP contribution in [0.5, 0.6) is 0 Å². The van der Waals surface area contributed by atoms with Crippen molar-refractivity contribution in [3.05, 3.63) is 23.5 Å². The summed E-state index contributed by atoms with van der Waals surface area (Å²) in [6.45, 7) is 3.92. The van der Waals surface area contributed by atoms with Gasteiger partial charge in [0, 0.05) is 31.6 Å². The van der Waals surface area contributed by atoms with Crippen molar-refractivity contribution in [1.82, 2.24) is 4.57 Å². The number of aryl methyl sites for hydroxylation is 1. The first-order chi connectivity index (χ1) is 10.3. The van der Waals surface area contributed by atoms with Gasteiger partial charge >= 0.3 is 0 Å². The first-order valence-electron chi connectivity index (χ1n) is 7.82. The zero-order valence-corrected chi connectivity index (χ0v) is 12.9. The number of fused-ring (bicyclic) bond motifs is 1. The van der Waals surface area contributed by atoms with Crippen LogP contribution in [0.15, 0.2) is 12.4 Å². The summed E-state index contributed by atoms with van der Waals surface area (Å²) in [7, 11) is 1.66. The monoisotopic (exact) mass is 297 g/mol. The predicted molar refractivity (Wildman–Crippen MR) is 80.5 cm³/mol. The van der Waals surface area contributed by atoms with Gasteiger partial charge in [0.25, 0.3) is 0 Å². The number of aromatic nitrogens is 1. The van der Waals surface area contributed by atoms with Crippen LogP contribution in [0, 0.1) is 0 Å². The lowest BCUT2D eigenvalue weighted by atomic mass is 10.1. The number of ether oxygens (including phenoxy) is 3. The van der Waals surface area contributed by atoms with E-state index >= 15 is 0 Å². The summed E-state index contributed by atoms with van der Waals surface area (Å²) in [4.78, 5) is 0. The van der Waals surface area contributed by atoms with Gasteiger partial charge in [-0.15, -0.1) is 0 Å². The molecule has 0 radical (unpaired) electrons. The zero-order chi connectivity index (χ0) is 14.9. The quantitative estimate of drug-likeness (QED) is 0.559. The van der Waals surface area contributed by atoms with E-state index in [0.29, 0.717) is 33.0 Å². The Balaban J connectivity index is 1.64. The molecule has 1 aromatic heterocycles. The third kappa shape index (κ3) is 5.43. The number of hydrogen-bond donors (Lipinski definition) is 1. The van der Waals surface area contributed by atoms with Crippen molar-refractivity contribution in [3.8, 4) is 0 Å². The molecule has 1 atom stereocenters. The molecule has 1 aliphatic carbocycles. The Kier molecular flexibility index (Phi) is 7.23. The second-order valence-electron chi connectivity index (χ2n) is 5.46. The standard InChI is InChI=1S/C16H27NO4/c1-19-8-9-21-11-10-20-7-6-17-12-14-4-2-3-5-16(18)15(14)13-17/h12-13,16,18H,2-11H2,1H3. The van der Waals surface area contributed by atoms with Crippen LogP contribution < -0.4 is 0 Å². The van der Waals surface area contributed by atoms with Crippen LogP contribution in [0.2, 0.25) is 0 Å². The lowest BCUT2D eigenvalue weighted by Gasteiger charge is -2.07. The molecule has 1 N–H and O–H groups in total. The van der Waals surface area contributed by atoms with E-state index in [0.717, 1.165) is 31.4 Å². The average Bonchev–Trinajstić information content (AvgIpc) is 2.82. The summed E-state index contributed by atoms with van der Waals surface area (Å²) in [5.41, 5.74) is 2.40. The smallest absolute Gasteiger partial charge is 0.0807 e. The fourth-order valence-electron chi connectivity index (χ4n) is 2.65. The lowest BCUT2D eigenvalue weighted by molar-refractivity contribution is 0.0230. The topological polar surface area (TPSA) is 52.9 Å². The average molecular weight is 297 g/mol.